The molecule has 0 heterocycles. The summed E-state index contributed by atoms with van der Waals surface area (Å²) in [7, 11) is 0. The average molecular weight is 369 g/mol. The van der Waals surface area contributed by atoms with Gasteiger partial charge in [-0.05, 0) is 67.6 Å². The van der Waals surface area contributed by atoms with Crippen molar-refractivity contribution in [2.24, 2.45) is 5.92 Å². The molecule has 2 rings (SSSR count). The van der Waals surface area contributed by atoms with Crippen molar-refractivity contribution in [2.75, 3.05) is 18.5 Å². The van der Waals surface area contributed by atoms with Gasteiger partial charge in [-0.25, -0.2) is 4.79 Å². The van der Waals surface area contributed by atoms with Crippen molar-refractivity contribution in [2.45, 2.75) is 34.1 Å². The van der Waals surface area contributed by atoms with E-state index >= 15 is 0 Å². The molecule has 0 radical (unpaired) electrons. The average Bonchev–Trinajstić information content (AvgIpc) is 2.62. The quantitative estimate of drug-likeness (QED) is 0.695. The molecule has 27 heavy (non-hydrogen) atoms. The first kappa shape index (κ1) is 20.5. The van der Waals surface area contributed by atoms with Crippen LogP contribution in [0, 0.1) is 19.8 Å². The lowest BCUT2D eigenvalue weighted by Crippen LogP contribution is -2.20. The van der Waals surface area contributed by atoms with Gasteiger partial charge in [0.2, 0.25) is 0 Å². The Bertz CT molecular complexity index is 781. The first-order valence-electron chi connectivity index (χ1n) is 9.12. The van der Waals surface area contributed by atoms with Crippen LogP contribution in [0.5, 0.6) is 5.75 Å². The van der Waals surface area contributed by atoms with E-state index in [0.717, 1.165) is 17.5 Å². The molecule has 0 bridgehead atoms. The van der Waals surface area contributed by atoms with E-state index in [4.69, 9.17) is 9.47 Å². The van der Waals surface area contributed by atoms with Gasteiger partial charge in [-0.15, -0.1) is 0 Å². The number of benzene rings is 2. The van der Waals surface area contributed by atoms with Crippen LogP contribution in [0.25, 0.3) is 0 Å². The Morgan fingerprint density at radius 1 is 1.04 bits per heavy atom. The monoisotopic (exact) mass is 369 g/mol. The van der Waals surface area contributed by atoms with Gasteiger partial charge in [0.1, 0.15) is 5.75 Å². The number of aryl methyl sites for hydroxylation is 2. The van der Waals surface area contributed by atoms with Gasteiger partial charge in [-0.3, -0.25) is 4.79 Å². The lowest BCUT2D eigenvalue weighted by Gasteiger charge is -2.11. The minimum Gasteiger partial charge on any atom is -0.483 e. The molecule has 0 spiro atoms. The van der Waals surface area contributed by atoms with Gasteiger partial charge in [0.15, 0.2) is 6.61 Å². The second-order valence-corrected chi connectivity index (χ2v) is 7.00. The Hall–Kier alpha value is -2.82. The van der Waals surface area contributed by atoms with Gasteiger partial charge in [0.05, 0.1) is 12.2 Å². The van der Waals surface area contributed by atoms with E-state index in [9.17, 15) is 9.59 Å². The van der Waals surface area contributed by atoms with Crippen LogP contribution in [-0.4, -0.2) is 25.1 Å². The third-order valence-corrected chi connectivity index (χ3v) is 4.04. The number of esters is 1. The molecular weight excluding hydrogens is 342 g/mol. The Kier molecular flexibility index (Phi) is 7.41. The highest BCUT2D eigenvalue weighted by Gasteiger charge is 2.09. The van der Waals surface area contributed by atoms with E-state index in [2.05, 4.69) is 19.2 Å². The molecule has 5 nitrogen and oxygen atoms in total. The lowest BCUT2D eigenvalue weighted by atomic mass is 10.1. The number of anilines is 1. The molecular formula is C22H27NO4. The molecule has 0 fully saturated rings. The number of amides is 1. The van der Waals surface area contributed by atoms with Crippen LogP contribution in [0.4, 0.5) is 5.69 Å². The Morgan fingerprint density at radius 2 is 1.74 bits per heavy atom. The Morgan fingerprint density at radius 3 is 2.41 bits per heavy atom. The summed E-state index contributed by atoms with van der Waals surface area (Å²) < 4.78 is 10.8. The number of nitrogens with one attached hydrogen (secondary N) is 1. The summed E-state index contributed by atoms with van der Waals surface area (Å²) in [5.41, 5.74) is 3.12. The maximum Gasteiger partial charge on any atom is 0.338 e. The third-order valence-electron chi connectivity index (χ3n) is 4.04. The van der Waals surface area contributed by atoms with Gasteiger partial charge in [0, 0.05) is 5.69 Å². The zero-order valence-electron chi connectivity index (χ0n) is 16.4. The highest BCUT2D eigenvalue weighted by Crippen LogP contribution is 2.19. The van der Waals surface area contributed by atoms with Crippen LogP contribution in [0.15, 0.2) is 42.5 Å². The fourth-order valence-electron chi connectivity index (χ4n) is 2.36. The van der Waals surface area contributed by atoms with Crippen LogP contribution in [0.2, 0.25) is 0 Å². The second kappa shape index (κ2) is 9.76. The summed E-state index contributed by atoms with van der Waals surface area (Å²) >= 11 is 0. The zero-order valence-corrected chi connectivity index (χ0v) is 16.4. The van der Waals surface area contributed by atoms with Crippen molar-refractivity contribution in [1.82, 2.24) is 0 Å². The van der Waals surface area contributed by atoms with E-state index in [0.29, 0.717) is 29.5 Å². The summed E-state index contributed by atoms with van der Waals surface area (Å²) in [6.45, 7) is 8.39. The van der Waals surface area contributed by atoms with Crippen molar-refractivity contribution < 1.29 is 19.1 Å². The topological polar surface area (TPSA) is 64.6 Å². The van der Waals surface area contributed by atoms with Crippen molar-refractivity contribution in [3.8, 4) is 5.75 Å². The van der Waals surface area contributed by atoms with Crippen LogP contribution in [0.3, 0.4) is 0 Å². The first-order chi connectivity index (χ1) is 12.8. The summed E-state index contributed by atoms with van der Waals surface area (Å²) in [4.78, 5) is 24.0. The van der Waals surface area contributed by atoms with Crippen molar-refractivity contribution in [3.63, 3.8) is 0 Å². The van der Waals surface area contributed by atoms with E-state index in [1.807, 2.05) is 32.0 Å². The fraction of sp³-hybridized carbons (Fsp3) is 0.364. The largest absolute Gasteiger partial charge is 0.483 e. The van der Waals surface area contributed by atoms with E-state index in [1.165, 1.54) is 0 Å². The molecule has 0 saturated heterocycles. The van der Waals surface area contributed by atoms with E-state index in [1.54, 1.807) is 24.3 Å². The summed E-state index contributed by atoms with van der Waals surface area (Å²) in [5, 5.41) is 2.75. The van der Waals surface area contributed by atoms with Crippen LogP contribution < -0.4 is 10.1 Å². The number of ether oxygens (including phenoxy) is 2. The van der Waals surface area contributed by atoms with E-state index < -0.39 is 0 Å². The lowest BCUT2D eigenvalue weighted by molar-refractivity contribution is -0.118. The van der Waals surface area contributed by atoms with Crippen LogP contribution in [-0.2, 0) is 9.53 Å². The SMILES string of the molecule is Cc1ccc(C)c(OCC(=O)Nc2ccc(C(=O)OCCC(C)C)cc2)c1. The molecule has 0 saturated carbocycles. The second-order valence-electron chi connectivity index (χ2n) is 7.00. The highest BCUT2D eigenvalue weighted by molar-refractivity contribution is 5.93. The standard InChI is InChI=1S/C22H27NO4/c1-15(2)11-12-26-22(25)18-7-9-19(10-8-18)23-21(24)14-27-20-13-16(3)5-6-17(20)4/h5-10,13,15H,11-12,14H2,1-4H3,(H,23,24). The van der Waals surface area contributed by atoms with Gasteiger partial charge in [-0.1, -0.05) is 26.0 Å². The molecule has 2 aromatic carbocycles. The molecule has 5 heteroatoms. The van der Waals surface area contributed by atoms with Gasteiger partial charge in [-0.2, -0.15) is 0 Å². The molecule has 0 aliphatic rings. The molecule has 0 aromatic heterocycles. The predicted molar refractivity (Wildman–Crippen MR) is 106 cm³/mol. The number of hydrogen-bond donors (Lipinski definition) is 1. The summed E-state index contributed by atoms with van der Waals surface area (Å²) in [6, 6.07) is 12.5. The molecule has 0 atom stereocenters. The van der Waals surface area contributed by atoms with Crippen molar-refractivity contribution in [1.29, 1.82) is 0 Å². The zero-order chi connectivity index (χ0) is 19.8. The van der Waals surface area contributed by atoms with Crippen LogP contribution in [0.1, 0.15) is 41.8 Å². The number of carbonyl (C=O) groups excluding carboxylic acids is 2. The molecule has 0 aliphatic heterocycles. The van der Waals surface area contributed by atoms with Gasteiger partial charge in [0.25, 0.3) is 5.91 Å². The molecule has 1 N–H and O–H groups in total. The Balaban J connectivity index is 1.83. The minimum atomic E-state index is -0.355. The molecule has 144 valence electrons. The molecule has 1 amide bonds. The Labute approximate surface area is 160 Å². The summed E-state index contributed by atoms with van der Waals surface area (Å²) in [5.74, 6) is 0.570. The number of hydrogen-bond acceptors (Lipinski definition) is 4. The molecule has 0 aliphatic carbocycles. The fourth-order valence-corrected chi connectivity index (χ4v) is 2.36. The summed E-state index contributed by atoms with van der Waals surface area (Å²) in [6.07, 6.45) is 0.834. The minimum absolute atomic E-state index is 0.0801. The number of rotatable bonds is 8. The first-order valence-corrected chi connectivity index (χ1v) is 9.12. The van der Waals surface area contributed by atoms with Gasteiger partial charge < -0.3 is 14.8 Å². The van der Waals surface area contributed by atoms with E-state index in [-0.39, 0.29) is 18.5 Å². The molecule has 0 unspecified atom stereocenters. The molecule has 2 aromatic rings. The highest BCUT2D eigenvalue weighted by atomic mass is 16.5. The van der Waals surface area contributed by atoms with Gasteiger partial charge >= 0.3 is 5.97 Å². The normalized spacial score (nSPS) is 10.6. The maximum absolute atomic E-state index is 12.1. The van der Waals surface area contributed by atoms with Crippen molar-refractivity contribution >= 4 is 17.6 Å². The van der Waals surface area contributed by atoms with Crippen molar-refractivity contribution in [3.05, 3.63) is 59.2 Å². The third kappa shape index (κ3) is 6.77. The maximum atomic E-state index is 12.1. The van der Waals surface area contributed by atoms with Crippen LogP contribution >= 0.6 is 0 Å². The number of carbonyl (C=O) groups is 2. The predicted octanol–water partition coefficient (Wildman–Crippen LogP) is 4.52. The smallest absolute Gasteiger partial charge is 0.338 e.